The van der Waals surface area contributed by atoms with Crippen LogP contribution in [0.2, 0.25) is 0 Å². The predicted molar refractivity (Wildman–Crippen MR) is 142 cm³/mol. The molecular formula is C28H33BrN2O6. The number of halogens is 1. The molecule has 2 saturated heterocycles. The highest BCUT2D eigenvalue weighted by Crippen LogP contribution is 2.21. The lowest BCUT2D eigenvalue weighted by Crippen LogP contribution is -2.41. The van der Waals surface area contributed by atoms with E-state index in [2.05, 4.69) is 15.9 Å². The molecule has 8 nitrogen and oxygen atoms in total. The van der Waals surface area contributed by atoms with Crippen LogP contribution in [0.3, 0.4) is 0 Å². The van der Waals surface area contributed by atoms with Crippen molar-refractivity contribution >= 4 is 39.7 Å². The molecule has 2 fully saturated rings. The van der Waals surface area contributed by atoms with Crippen LogP contribution in [0, 0.1) is 0 Å². The number of hydrogen-bond donors (Lipinski definition) is 0. The number of ether oxygens (including phenoxy) is 2. The largest absolute Gasteiger partial charge is 0.445 e. The topological polar surface area (TPSA) is 93.2 Å². The molecule has 2 aliphatic heterocycles. The lowest BCUT2D eigenvalue weighted by atomic mass is 10.1. The van der Waals surface area contributed by atoms with Crippen molar-refractivity contribution in [1.29, 1.82) is 0 Å². The van der Waals surface area contributed by atoms with E-state index in [-0.39, 0.29) is 42.2 Å². The average molecular weight is 573 g/mol. The smallest absolute Gasteiger partial charge is 0.410 e. The van der Waals surface area contributed by atoms with Gasteiger partial charge in [-0.3, -0.25) is 19.4 Å². The van der Waals surface area contributed by atoms with Crippen LogP contribution in [-0.4, -0.2) is 64.1 Å². The molecule has 0 saturated carbocycles. The van der Waals surface area contributed by atoms with E-state index in [1.165, 1.54) is 16.7 Å². The molecule has 4 rings (SSSR count). The van der Waals surface area contributed by atoms with Crippen LogP contribution >= 0.6 is 15.9 Å². The normalized spacial score (nSPS) is 18.5. The van der Waals surface area contributed by atoms with E-state index in [1.807, 2.05) is 60.7 Å². The van der Waals surface area contributed by atoms with Gasteiger partial charge in [0.25, 0.3) is 0 Å². The van der Waals surface area contributed by atoms with E-state index in [0.717, 1.165) is 36.8 Å². The van der Waals surface area contributed by atoms with Gasteiger partial charge in [0.2, 0.25) is 0 Å². The first-order valence-corrected chi connectivity index (χ1v) is 13.6. The van der Waals surface area contributed by atoms with Crippen molar-refractivity contribution in [2.75, 3.05) is 18.4 Å². The zero-order valence-corrected chi connectivity index (χ0v) is 22.6. The van der Waals surface area contributed by atoms with Gasteiger partial charge >= 0.3 is 12.2 Å². The second-order valence-electron chi connectivity index (χ2n) is 8.99. The average Bonchev–Trinajstić information content (AvgIpc) is 3.62. The van der Waals surface area contributed by atoms with Gasteiger partial charge in [0.1, 0.15) is 13.2 Å². The molecule has 2 aromatic rings. The highest BCUT2D eigenvalue weighted by atomic mass is 79.9. The van der Waals surface area contributed by atoms with Gasteiger partial charge in [-0.2, -0.15) is 0 Å². The highest BCUT2D eigenvalue weighted by molar-refractivity contribution is 9.09. The Morgan fingerprint density at radius 2 is 1.19 bits per heavy atom. The van der Waals surface area contributed by atoms with Gasteiger partial charge in [-0.25, -0.2) is 9.59 Å². The van der Waals surface area contributed by atoms with Crippen molar-refractivity contribution < 1.29 is 28.7 Å². The van der Waals surface area contributed by atoms with E-state index in [9.17, 15) is 19.2 Å². The summed E-state index contributed by atoms with van der Waals surface area (Å²) in [4.78, 5) is 50.0. The number of ketones is 2. The zero-order chi connectivity index (χ0) is 26.6. The number of Topliss-reactive ketones (excluding diaryl/α,β-unsaturated/α-hetero) is 2. The van der Waals surface area contributed by atoms with Crippen molar-refractivity contribution in [3.05, 3.63) is 71.8 Å². The number of carbonyl (C=O) groups is 4. The number of nitrogens with zero attached hydrogens (tertiary/aromatic N) is 2. The van der Waals surface area contributed by atoms with E-state index in [0.29, 0.717) is 13.1 Å². The number of rotatable bonds is 7. The number of carbonyl (C=O) groups excluding carboxylic acids is 4. The summed E-state index contributed by atoms with van der Waals surface area (Å²) in [5.41, 5.74) is 1.89. The number of amides is 2. The summed E-state index contributed by atoms with van der Waals surface area (Å²) in [6, 6.07) is 18.4. The molecule has 0 spiro atoms. The first kappa shape index (κ1) is 28.4. The fourth-order valence-corrected chi connectivity index (χ4v) is 4.80. The standard InChI is InChI=1S/C14H16BrNO3.C14H17NO3/c15-9-13(17)12-7-4-8-16(12)14(18)19-10-11-5-2-1-3-6-11;1-11(16)13-8-5-9-15(13)14(17)18-10-12-6-3-2-4-7-12/h1-3,5-6,12H,4,7-10H2;2-4,6-7,13H,5,8-10H2,1H3/t12-;13-/m00/s1. The summed E-state index contributed by atoms with van der Waals surface area (Å²) >= 11 is 3.15. The Balaban J connectivity index is 0.000000206. The maximum absolute atomic E-state index is 12.0. The van der Waals surface area contributed by atoms with Crippen LogP contribution in [0.25, 0.3) is 0 Å². The lowest BCUT2D eigenvalue weighted by Gasteiger charge is -2.22. The predicted octanol–water partition coefficient (Wildman–Crippen LogP) is 5.13. The number of likely N-dealkylation sites (tertiary alicyclic amines) is 2. The molecular weight excluding hydrogens is 540 g/mol. The quantitative estimate of drug-likeness (QED) is 0.427. The molecule has 2 aliphatic rings. The second kappa shape index (κ2) is 14.5. The Kier molecular flexibility index (Phi) is 11.1. The van der Waals surface area contributed by atoms with Crippen LogP contribution in [0.5, 0.6) is 0 Å². The molecule has 2 heterocycles. The maximum Gasteiger partial charge on any atom is 0.410 e. The highest BCUT2D eigenvalue weighted by Gasteiger charge is 2.34. The molecule has 0 aromatic heterocycles. The Morgan fingerprint density at radius 3 is 1.62 bits per heavy atom. The Hall–Kier alpha value is -3.20. The molecule has 2 aromatic carbocycles. The first-order valence-electron chi connectivity index (χ1n) is 12.4. The third kappa shape index (κ3) is 8.42. The van der Waals surface area contributed by atoms with Gasteiger partial charge < -0.3 is 9.47 Å². The van der Waals surface area contributed by atoms with Crippen LogP contribution < -0.4 is 0 Å². The molecule has 0 unspecified atom stereocenters. The molecule has 2 amide bonds. The molecule has 198 valence electrons. The van der Waals surface area contributed by atoms with E-state index < -0.39 is 12.2 Å². The minimum absolute atomic E-state index is 0.0316. The maximum atomic E-state index is 12.0. The third-order valence-electron chi connectivity index (χ3n) is 6.36. The lowest BCUT2D eigenvalue weighted by molar-refractivity contribution is -0.121. The van der Waals surface area contributed by atoms with Crippen molar-refractivity contribution in [1.82, 2.24) is 9.80 Å². The molecule has 2 atom stereocenters. The van der Waals surface area contributed by atoms with Crippen LogP contribution in [0.4, 0.5) is 9.59 Å². The Labute approximate surface area is 226 Å². The fourth-order valence-electron chi connectivity index (χ4n) is 4.42. The SMILES string of the molecule is CC(=O)[C@@H]1CCCN1C(=O)OCc1ccccc1.O=C(CBr)[C@@H]1CCCN1C(=O)OCc1ccccc1. The zero-order valence-electron chi connectivity index (χ0n) is 21.0. The third-order valence-corrected chi connectivity index (χ3v) is 6.91. The van der Waals surface area contributed by atoms with Gasteiger partial charge in [-0.05, 0) is 43.7 Å². The van der Waals surface area contributed by atoms with Crippen LogP contribution in [0.15, 0.2) is 60.7 Å². The van der Waals surface area contributed by atoms with Crippen LogP contribution in [-0.2, 0) is 32.3 Å². The molecule has 0 bridgehead atoms. The summed E-state index contributed by atoms with van der Waals surface area (Å²) in [5.74, 6) is 0.0679. The fraction of sp³-hybridized carbons (Fsp3) is 0.429. The van der Waals surface area contributed by atoms with Crippen molar-refractivity contribution in [2.24, 2.45) is 0 Å². The first-order chi connectivity index (χ1) is 17.9. The van der Waals surface area contributed by atoms with Crippen molar-refractivity contribution in [3.8, 4) is 0 Å². The van der Waals surface area contributed by atoms with E-state index >= 15 is 0 Å². The van der Waals surface area contributed by atoms with Gasteiger partial charge in [0.05, 0.1) is 17.4 Å². The Bertz CT molecular complexity index is 1050. The summed E-state index contributed by atoms with van der Waals surface area (Å²) in [6.07, 6.45) is 2.40. The summed E-state index contributed by atoms with van der Waals surface area (Å²) in [7, 11) is 0. The van der Waals surface area contributed by atoms with Gasteiger partial charge in [0, 0.05) is 13.1 Å². The minimum Gasteiger partial charge on any atom is -0.445 e. The van der Waals surface area contributed by atoms with Crippen molar-refractivity contribution in [3.63, 3.8) is 0 Å². The summed E-state index contributed by atoms with van der Waals surface area (Å²) < 4.78 is 10.5. The summed E-state index contributed by atoms with van der Waals surface area (Å²) in [5, 5.41) is 0.278. The molecule has 0 radical (unpaired) electrons. The molecule has 9 heteroatoms. The van der Waals surface area contributed by atoms with Crippen LogP contribution in [0.1, 0.15) is 43.7 Å². The van der Waals surface area contributed by atoms with Gasteiger partial charge in [0.15, 0.2) is 11.6 Å². The van der Waals surface area contributed by atoms with E-state index in [4.69, 9.17) is 9.47 Å². The monoisotopic (exact) mass is 572 g/mol. The van der Waals surface area contributed by atoms with E-state index in [1.54, 1.807) is 0 Å². The number of alkyl halides is 1. The molecule has 0 aliphatic carbocycles. The van der Waals surface area contributed by atoms with Crippen molar-refractivity contribution in [2.45, 2.75) is 57.9 Å². The molecule has 37 heavy (non-hydrogen) atoms. The molecule has 0 N–H and O–H groups in total. The number of hydrogen-bond acceptors (Lipinski definition) is 6. The van der Waals surface area contributed by atoms with Gasteiger partial charge in [-0.1, -0.05) is 76.6 Å². The minimum atomic E-state index is -0.402. The Morgan fingerprint density at radius 1 is 0.757 bits per heavy atom. The number of benzene rings is 2. The van der Waals surface area contributed by atoms with Gasteiger partial charge in [-0.15, -0.1) is 0 Å². The second-order valence-corrected chi connectivity index (χ2v) is 9.55. The summed E-state index contributed by atoms with van der Waals surface area (Å²) in [6.45, 7) is 3.22.